The van der Waals surface area contributed by atoms with Gasteiger partial charge in [-0.25, -0.2) is 23.2 Å². The average molecular weight is 550 g/mol. The Labute approximate surface area is 224 Å². The fourth-order valence-corrected chi connectivity index (χ4v) is 4.95. The van der Waals surface area contributed by atoms with Crippen molar-refractivity contribution in [1.82, 2.24) is 14.5 Å². The third-order valence-electron chi connectivity index (χ3n) is 5.88. The fraction of sp³-hybridized carbons (Fsp3) is 0.138. The van der Waals surface area contributed by atoms with E-state index in [1.807, 2.05) is 86.1 Å². The normalized spacial score (nSPS) is 11.1. The average Bonchev–Trinajstić information content (AvgIpc) is 3.44. The number of imidazole rings is 1. The number of nitrogens with zero attached hydrogens (tertiary/aromatic N) is 3. The van der Waals surface area contributed by atoms with Gasteiger partial charge in [0.25, 0.3) is 0 Å². The molecule has 10 heteroatoms. The summed E-state index contributed by atoms with van der Waals surface area (Å²) in [4.78, 5) is 17.7. The number of oxazole rings is 1. The van der Waals surface area contributed by atoms with Crippen LogP contribution in [0.15, 0.2) is 88.3 Å². The lowest BCUT2D eigenvalue weighted by Crippen LogP contribution is -2.00. The van der Waals surface area contributed by atoms with Gasteiger partial charge in [0.1, 0.15) is 11.5 Å². The number of hydrogen-bond donors (Lipinski definition) is 0. The number of halogens is 2. The Morgan fingerprint density at radius 2 is 1.49 bits per heavy atom. The number of aryl methyl sites for hydroxylation is 3. The molecule has 39 heavy (non-hydrogen) atoms. The Balaban J connectivity index is 0.000000826. The van der Waals surface area contributed by atoms with Gasteiger partial charge >= 0.3 is 6.29 Å². The smallest absolute Gasteiger partial charge is 0.440 e. The van der Waals surface area contributed by atoms with E-state index in [1.165, 1.54) is 6.26 Å². The van der Waals surface area contributed by atoms with Gasteiger partial charge in [0.2, 0.25) is 0 Å². The Bertz CT molecular complexity index is 1760. The van der Waals surface area contributed by atoms with Crippen molar-refractivity contribution in [1.29, 1.82) is 0 Å². The molecule has 7 nitrogen and oxygen atoms in total. The summed E-state index contributed by atoms with van der Waals surface area (Å²) in [7, 11) is -3.33. The van der Waals surface area contributed by atoms with Crippen LogP contribution in [0.1, 0.15) is 17.4 Å². The zero-order valence-corrected chi connectivity index (χ0v) is 22.5. The largest absolute Gasteiger partial charge is 0.483 e. The van der Waals surface area contributed by atoms with Gasteiger partial charge in [0, 0.05) is 30.5 Å². The molecular formula is C29H25F2N3O4S. The molecule has 0 fully saturated rings. The number of sulfone groups is 1. The van der Waals surface area contributed by atoms with Crippen LogP contribution in [0.3, 0.4) is 0 Å². The van der Waals surface area contributed by atoms with Crippen LogP contribution in [0.5, 0.6) is 0 Å². The number of hydrogen-bond acceptors (Lipinski definition) is 6. The van der Waals surface area contributed by atoms with Crippen molar-refractivity contribution in [3.05, 3.63) is 96.4 Å². The minimum absolute atomic E-state index is 0.281. The lowest BCUT2D eigenvalue weighted by atomic mass is 9.98. The number of benzene rings is 3. The lowest BCUT2D eigenvalue weighted by molar-refractivity contribution is 0.199. The van der Waals surface area contributed by atoms with E-state index in [4.69, 9.17) is 14.2 Å². The van der Waals surface area contributed by atoms with Crippen LogP contribution in [0, 0.1) is 20.8 Å². The SMILES string of the molecule is Cc1cn(-c2ccc(-c3cccc(S(C)(=O)=O)c3)cc2-c2nc(C)oc2-c2ccccc2)c(C)n1.O=C(F)F. The summed E-state index contributed by atoms with van der Waals surface area (Å²) >= 11 is 0. The summed E-state index contributed by atoms with van der Waals surface area (Å²) in [6, 6.07) is 22.9. The van der Waals surface area contributed by atoms with E-state index in [-0.39, 0.29) is 4.90 Å². The molecule has 5 rings (SSSR count). The summed E-state index contributed by atoms with van der Waals surface area (Å²) in [5.74, 6) is 2.10. The molecule has 0 amide bonds. The van der Waals surface area contributed by atoms with Crippen molar-refractivity contribution in [2.75, 3.05) is 6.26 Å². The first-order valence-electron chi connectivity index (χ1n) is 11.8. The summed E-state index contributed by atoms with van der Waals surface area (Å²) in [6.07, 6.45) is 0.377. The summed E-state index contributed by atoms with van der Waals surface area (Å²) < 4.78 is 51.8. The molecule has 3 aromatic carbocycles. The third-order valence-corrected chi connectivity index (χ3v) is 6.99. The third kappa shape index (κ3) is 6.35. The van der Waals surface area contributed by atoms with Crippen molar-refractivity contribution >= 4 is 16.1 Å². The van der Waals surface area contributed by atoms with E-state index in [0.29, 0.717) is 11.7 Å². The number of carbonyl (C=O) groups excluding carboxylic acids is 1. The van der Waals surface area contributed by atoms with E-state index in [2.05, 4.69) is 4.98 Å². The number of aromatic nitrogens is 3. The Morgan fingerprint density at radius 3 is 2.10 bits per heavy atom. The van der Waals surface area contributed by atoms with Crippen molar-refractivity contribution < 1.29 is 26.4 Å². The molecule has 200 valence electrons. The molecular weight excluding hydrogens is 524 g/mol. The molecule has 0 aliphatic heterocycles. The van der Waals surface area contributed by atoms with E-state index < -0.39 is 16.1 Å². The van der Waals surface area contributed by atoms with Crippen LogP contribution < -0.4 is 0 Å². The molecule has 0 saturated carbocycles. The topological polar surface area (TPSA) is 95.1 Å². The summed E-state index contributed by atoms with van der Waals surface area (Å²) in [5, 5.41) is 0. The molecule has 0 saturated heterocycles. The highest BCUT2D eigenvalue weighted by Gasteiger charge is 2.21. The van der Waals surface area contributed by atoms with Gasteiger partial charge in [-0.15, -0.1) is 8.78 Å². The Kier molecular flexibility index (Phi) is 7.87. The van der Waals surface area contributed by atoms with Crippen molar-refractivity contribution in [2.45, 2.75) is 25.7 Å². The molecule has 0 bridgehead atoms. The highest BCUT2D eigenvalue weighted by Crippen LogP contribution is 2.38. The van der Waals surface area contributed by atoms with Gasteiger partial charge in [0.15, 0.2) is 21.5 Å². The molecule has 0 N–H and O–H groups in total. The minimum atomic E-state index is -3.33. The monoisotopic (exact) mass is 549 g/mol. The van der Waals surface area contributed by atoms with E-state index in [0.717, 1.165) is 45.2 Å². The van der Waals surface area contributed by atoms with E-state index >= 15 is 0 Å². The predicted molar refractivity (Wildman–Crippen MR) is 145 cm³/mol. The first-order valence-corrected chi connectivity index (χ1v) is 13.7. The van der Waals surface area contributed by atoms with Crippen molar-refractivity contribution in [3.63, 3.8) is 0 Å². The van der Waals surface area contributed by atoms with Crippen LogP contribution >= 0.6 is 0 Å². The zero-order valence-electron chi connectivity index (χ0n) is 21.6. The second-order valence-electron chi connectivity index (χ2n) is 8.83. The maximum atomic E-state index is 12.2. The molecule has 0 spiro atoms. The van der Waals surface area contributed by atoms with Crippen molar-refractivity contribution in [3.8, 4) is 39.4 Å². The number of carbonyl (C=O) groups is 1. The molecule has 0 atom stereocenters. The van der Waals surface area contributed by atoms with Gasteiger partial charge < -0.3 is 8.98 Å². The van der Waals surface area contributed by atoms with E-state index in [1.54, 1.807) is 18.2 Å². The lowest BCUT2D eigenvalue weighted by Gasteiger charge is -2.14. The zero-order chi connectivity index (χ0) is 28.3. The first kappa shape index (κ1) is 27.6. The van der Waals surface area contributed by atoms with Crippen LogP contribution in [0.25, 0.3) is 39.4 Å². The van der Waals surface area contributed by atoms with Gasteiger partial charge in [-0.1, -0.05) is 48.5 Å². The predicted octanol–water partition coefficient (Wildman–Crippen LogP) is 7.24. The highest BCUT2D eigenvalue weighted by atomic mass is 32.2. The molecule has 0 unspecified atom stereocenters. The Morgan fingerprint density at radius 1 is 0.846 bits per heavy atom. The van der Waals surface area contributed by atoms with Gasteiger partial charge in [-0.05, 0) is 49.2 Å². The van der Waals surface area contributed by atoms with Crippen LogP contribution in [0.2, 0.25) is 0 Å². The quantitative estimate of drug-likeness (QED) is 0.215. The van der Waals surface area contributed by atoms with Gasteiger partial charge in [-0.2, -0.15) is 0 Å². The Hall–Kier alpha value is -4.44. The first-order chi connectivity index (χ1) is 18.4. The molecule has 0 radical (unpaired) electrons. The molecule has 5 aromatic rings. The molecule has 2 aromatic heterocycles. The molecule has 0 aliphatic carbocycles. The second kappa shape index (κ2) is 11.1. The van der Waals surface area contributed by atoms with Crippen molar-refractivity contribution in [2.24, 2.45) is 0 Å². The van der Waals surface area contributed by atoms with E-state index in [9.17, 15) is 17.2 Å². The number of rotatable bonds is 5. The van der Waals surface area contributed by atoms with Crippen LogP contribution in [0.4, 0.5) is 13.6 Å². The maximum absolute atomic E-state index is 12.2. The minimum Gasteiger partial charge on any atom is -0.440 e. The molecule has 2 heterocycles. The fourth-order valence-electron chi connectivity index (χ4n) is 4.28. The standard InChI is InChI=1S/C28H25N3O3S.CF2O/c1-18-17-31(19(2)29-18)26-14-13-23(22-11-8-12-24(15-22)35(4,32)33)16-25(26)27-28(34-20(3)30-27)21-9-6-5-7-10-21;2-1(3)4/h5-17H,1-4H3;. The second-order valence-corrected chi connectivity index (χ2v) is 10.8. The van der Waals surface area contributed by atoms with Crippen LogP contribution in [-0.2, 0) is 9.84 Å². The summed E-state index contributed by atoms with van der Waals surface area (Å²) in [5.41, 5.74) is 6.02. The van der Waals surface area contributed by atoms with Gasteiger partial charge in [-0.3, -0.25) is 0 Å². The highest BCUT2D eigenvalue weighted by molar-refractivity contribution is 7.90. The summed E-state index contributed by atoms with van der Waals surface area (Å²) in [6.45, 7) is 5.76. The maximum Gasteiger partial charge on any atom is 0.483 e. The van der Waals surface area contributed by atoms with Gasteiger partial charge in [0.05, 0.1) is 16.3 Å². The molecule has 0 aliphatic rings. The van der Waals surface area contributed by atoms with Crippen LogP contribution in [-0.4, -0.2) is 35.5 Å².